The number of nitrogens with zero attached hydrogens (tertiary/aromatic N) is 1. The van der Waals surface area contributed by atoms with E-state index in [1.807, 2.05) is 0 Å². The fourth-order valence-electron chi connectivity index (χ4n) is 1.79. The Morgan fingerprint density at radius 3 is 2.59 bits per heavy atom. The third kappa shape index (κ3) is 2.17. The molecule has 7 heteroatoms. The van der Waals surface area contributed by atoms with E-state index < -0.39 is 36.3 Å². The molecule has 0 radical (unpaired) electrons. The van der Waals surface area contributed by atoms with Crippen molar-refractivity contribution in [1.29, 1.82) is 0 Å². The van der Waals surface area contributed by atoms with Gasteiger partial charge in [-0.3, -0.25) is 4.79 Å². The molecule has 1 saturated carbocycles. The molecule has 0 aliphatic heterocycles. The molecule has 1 N–H and O–H groups in total. The number of hydrogen-bond donors (Lipinski definition) is 1. The van der Waals surface area contributed by atoms with Crippen molar-refractivity contribution in [2.24, 2.45) is 0 Å². The zero-order valence-corrected chi connectivity index (χ0v) is 9.25. The van der Waals surface area contributed by atoms with Gasteiger partial charge in [0.05, 0.1) is 10.6 Å². The molecule has 0 amide bonds. The molecule has 92 valence electrons. The van der Waals surface area contributed by atoms with Crippen LogP contribution in [0, 0.1) is 0 Å². The molecule has 0 bridgehead atoms. The van der Waals surface area contributed by atoms with Gasteiger partial charge in [-0.25, -0.2) is 13.6 Å². The molecule has 0 spiro atoms. The second kappa shape index (κ2) is 3.80. The Kier molecular flexibility index (Phi) is 2.69. The van der Waals surface area contributed by atoms with Crippen LogP contribution in [0.3, 0.4) is 0 Å². The summed E-state index contributed by atoms with van der Waals surface area (Å²) in [5.41, 5.74) is -0.831. The number of alkyl halides is 2. The van der Waals surface area contributed by atoms with Crippen molar-refractivity contribution in [2.45, 2.75) is 24.8 Å². The highest BCUT2D eigenvalue weighted by atomic mass is 35.5. The van der Waals surface area contributed by atoms with Crippen LogP contribution in [0.25, 0.3) is 0 Å². The minimum Gasteiger partial charge on any atom is -0.478 e. The van der Waals surface area contributed by atoms with Gasteiger partial charge in [-0.2, -0.15) is 0 Å². The Morgan fingerprint density at radius 2 is 2.12 bits per heavy atom. The van der Waals surface area contributed by atoms with Crippen LogP contribution in [0.5, 0.6) is 0 Å². The molecule has 1 aliphatic rings. The highest BCUT2D eigenvalue weighted by molar-refractivity contribution is 6.33. The molecule has 4 nitrogen and oxygen atoms in total. The van der Waals surface area contributed by atoms with Crippen molar-refractivity contribution in [3.63, 3.8) is 0 Å². The number of halogens is 3. The summed E-state index contributed by atoms with van der Waals surface area (Å²) >= 11 is 5.58. The Hall–Kier alpha value is -1.43. The molecule has 1 aromatic heterocycles. The average molecular weight is 264 g/mol. The first-order valence-corrected chi connectivity index (χ1v) is 5.21. The van der Waals surface area contributed by atoms with Crippen LogP contribution in [-0.2, 0) is 0 Å². The maximum absolute atomic E-state index is 12.7. The fraction of sp³-hybridized carbons (Fsp3) is 0.400. The second-order valence-electron chi connectivity index (χ2n) is 4.00. The van der Waals surface area contributed by atoms with Gasteiger partial charge in [0.2, 0.25) is 0 Å². The number of carboxylic acid groups (broad SMARTS) is 1. The number of rotatable bonds is 2. The maximum Gasteiger partial charge on any atom is 0.338 e. The summed E-state index contributed by atoms with van der Waals surface area (Å²) in [5.74, 6) is -4.07. The number of aromatic carboxylic acids is 1. The summed E-state index contributed by atoms with van der Waals surface area (Å²) in [6.45, 7) is 0. The van der Waals surface area contributed by atoms with Crippen molar-refractivity contribution < 1.29 is 18.7 Å². The highest BCUT2D eigenvalue weighted by Crippen LogP contribution is 2.44. The van der Waals surface area contributed by atoms with E-state index in [-0.39, 0.29) is 10.6 Å². The van der Waals surface area contributed by atoms with Gasteiger partial charge >= 0.3 is 5.97 Å². The van der Waals surface area contributed by atoms with Crippen LogP contribution >= 0.6 is 11.6 Å². The number of aromatic nitrogens is 1. The average Bonchev–Trinajstić information content (AvgIpc) is 2.13. The van der Waals surface area contributed by atoms with Gasteiger partial charge in [-0.05, 0) is 0 Å². The first-order valence-electron chi connectivity index (χ1n) is 4.83. The van der Waals surface area contributed by atoms with Crippen LogP contribution in [0.1, 0.15) is 29.2 Å². The number of hydrogen-bond acceptors (Lipinski definition) is 2. The monoisotopic (exact) mass is 263 g/mol. The summed E-state index contributed by atoms with van der Waals surface area (Å²) in [6.07, 6.45) is 0.119. The molecule has 0 aromatic carbocycles. The van der Waals surface area contributed by atoms with E-state index in [2.05, 4.69) is 0 Å². The zero-order valence-electron chi connectivity index (χ0n) is 8.49. The Balaban J connectivity index is 2.39. The van der Waals surface area contributed by atoms with E-state index in [4.69, 9.17) is 16.7 Å². The minimum absolute atomic E-state index is 0.190. The first-order chi connectivity index (χ1) is 7.80. The summed E-state index contributed by atoms with van der Waals surface area (Å²) in [7, 11) is 0. The predicted molar refractivity (Wildman–Crippen MR) is 55.9 cm³/mol. The van der Waals surface area contributed by atoms with Gasteiger partial charge in [0.15, 0.2) is 0 Å². The quantitative estimate of drug-likeness (QED) is 0.890. The van der Waals surface area contributed by atoms with Gasteiger partial charge < -0.3 is 9.67 Å². The molecule has 2 rings (SSSR count). The van der Waals surface area contributed by atoms with Crippen molar-refractivity contribution in [3.8, 4) is 0 Å². The molecule has 1 heterocycles. The fourth-order valence-corrected chi connectivity index (χ4v) is 2.02. The van der Waals surface area contributed by atoms with Crippen molar-refractivity contribution in [2.75, 3.05) is 0 Å². The largest absolute Gasteiger partial charge is 0.478 e. The van der Waals surface area contributed by atoms with Gasteiger partial charge in [-0.1, -0.05) is 11.6 Å². The van der Waals surface area contributed by atoms with E-state index in [9.17, 15) is 18.4 Å². The molecule has 1 aliphatic carbocycles. The van der Waals surface area contributed by atoms with Crippen molar-refractivity contribution in [3.05, 3.63) is 33.2 Å². The van der Waals surface area contributed by atoms with E-state index in [1.54, 1.807) is 0 Å². The molecule has 0 unspecified atom stereocenters. The van der Waals surface area contributed by atoms with Crippen molar-refractivity contribution in [1.82, 2.24) is 4.57 Å². The lowest BCUT2D eigenvalue weighted by Gasteiger charge is -2.36. The topological polar surface area (TPSA) is 59.3 Å². The van der Waals surface area contributed by atoms with E-state index in [1.165, 1.54) is 0 Å². The standard InChI is InChI=1S/C10H8ClF2NO3/c11-7-1-8(15)14(4-6(7)9(16)17)5-2-10(12,13)3-5/h1,4-5H,2-3H2,(H,16,17). The summed E-state index contributed by atoms with van der Waals surface area (Å²) in [4.78, 5) is 22.3. The second-order valence-corrected chi connectivity index (χ2v) is 4.41. The van der Waals surface area contributed by atoms with E-state index in [0.717, 1.165) is 16.8 Å². The van der Waals surface area contributed by atoms with Crippen LogP contribution < -0.4 is 5.56 Å². The van der Waals surface area contributed by atoms with Crippen LogP contribution in [0.4, 0.5) is 8.78 Å². The SMILES string of the molecule is O=C(O)c1cn(C2CC(F)(F)C2)c(=O)cc1Cl. The molecule has 1 aromatic rings. The lowest BCUT2D eigenvalue weighted by molar-refractivity contribution is -0.104. The van der Waals surface area contributed by atoms with E-state index >= 15 is 0 Å². The highest BCUT2D eigenvalue weighted by Gasteiger charge is 2.46. The van der Waals surface area contributed by atoms with Crippen LogP contribution in [0.2, 0.25) is 5.02 Å². The minimum atomic E-state index is -2.77. The normalized spacial score (nSPS) is 18.8. The zero-order chi connectivity index (χ0) is 12.8. The predicted octanol–water partition coefficient (Wildman–Crippen LogP) is 2.17. The third-order valence-electron chi connectivity index (χ3n) is 2.72. The molecule has 17 heavy (non-hydrogen) atoms. The Labute approximate surface area is 99.4 Å². The van der Waals surface area contributed by atoms with Crippen molar-refractivity contribution >= 4 is 17.6 Å². The molecular weight excluding hydrogens is 256 g/mol. The Bertz CT molecular complexity index is 533. The number of carboxylic acids is 1. The Morgan fingerprint density at radius 1 is 1.53 bits per heavy atom. The summed E-state index contributed by atoms with van der Waals surface area (Å²) in [6, 6.07) is 0.273. The first kappa shape index (κ1) is 12.0. The van der Waals surface area contributed by atoms with Gasteiger partial charge in [-0.15, -0.1) is 0 Å². The van der Waals surface area contributed by atoms with E-state index in [0.29, 0.717) is 0 Å². The summed E-state index contributed by atoms with van der Waals surface area (Å²) in [5, 5.41) is 8.62. The third-order valence-corrected chi connectivity index (χ3v) is 3.04. The molecule has 0 saturated heterocycles. The molecular formula is C10H8ClF2NO3. The molecule has 1 fully saturated rings. The van der Waals surface area contributed by atoms with Crippen LogP contribution in [-0.4, -0.2) is 21.6 Å². The summed E-state index contributed by atoms with van der Waals surface area (Å²) < 4.78 is 26.4. The number of pyridine rings is 1. The lowest BCUT2D eigenvalue weighted by atomic mass is 9.88. The molecule has 0 atom stereocenters. The smallest absolute Gasteiger partial charge is 0.338 e. The number of carbonyl (C=O) groups is 1. The maximum atomic E-state index is 12.7. The van der Waals surface area contributed by atoms with Gasteiger partial charge in [0.25, 0.3) is 11.5 Å². The van der Waals surface area contributed by atoms with Gasteiger partial charge in [0.1, 0.15) is 0 Å². The van der Waals surface area contributed by atoms with Crippen LogP contribution in [0.15, 0.2) is 17.1 Å². The lowest BCUT2D eigenvalue weighted by Crippen LogP contribution is -2.41. The van der Waals surface area contributed by atoms with Gasteiger partial charge in [0, 0.05) is 31.1 Å².